The smallest absolute Gasteiger partial charge is 0.410 e. The lowest BCUT2D eigenvalue weighted by molar-refractivity contribution is 0.00701. The van der Waals surface area contributed by atoms with Crippen molar-refractivity contribution in [1.29, 1.82) is 0 Å². The van der Waals surface area contributed by atoms with Gasteiger partial charge in [-0.25, -0.2) is 4.79 Å². The lowest BCUT2D eigenvalue weighted by Crippen LogP contribution is -2.63. The van der Waals surface area contributed by atoms with Gasteiger partial charge in [-0.1, -0.05) is 0 Å². The lowest BCUT2D eigenvalue weighted by atomic mass is 10.0. The van der Waals surface area contributed by atoms with Gasteiger partial charge in [-0.3, -0.25) is 4.99 Å². The standard InChI is InChI=1S/C17H32N4O3.HI/c1-16(2,3)24-15(22)21-10-13(11-21)20-14(18-4)19-12-17(6-7-17)8-9-23-5;/h13H,6-12H2,1-5H3,(H2,18,19,20);1H. The molecule has 0 radical (unpaired) electrons. The topological polar surface area (TPSA) is 75.2 Å². The molecule has 0 spiro atoms. The van der Waals surface area contributed by atoms with Gasteiger partial charge >= 0.3 is 6.09 Å². The van der Waals surface area contributed by atoms with Crippen molar-refractivity contribution in [2.75, 3.05) is 40.4 Å². The molecule has 2 aliphatic rings. The number of guanidine groups is 1. The third kappa shape index (κ3) is 7.16. The van der Waals surface area contributed by atoms with E-state index in [0.29, 0.717) is 18.5 Å². The highest BCUT2D eigenvalue weighted by Gasteiger charge is 2.42. The number of ether oxygens (including phenoxy) is 2. The minimum atomic E-state index is -0.450. The Balaban J connectivity index is 0.00000312. The molecule has 0 aromatic heterocycles. The summed E-state index contributed by atoms with van der Waals surface area (Å²) in [4.78, 5) is 17.9. The van der Waals surface area contributed by atoms with E-state index < -0.39 is 5.60 Å². The van der Waals surface area contributed by atoms with Crippen molar-refractivity contribution in [2.45, 2.75) is 51.7 Å². The van der Waals surface area contributed by atoms with Gasteiger partial charge in [0.15, 0.2) is 5.96 Å². The van der Waals surface area contributed by atoms with Crippen molar-refractivity contribution in [3.8, 4) is 0 Å². The van der Waals surface area contributed by atoms with Crippen molar-refractivity contribution >= 4 is 36.0 Å². The molecule has 1 aliphatic heterocycles. The lowest BCUT2D eigenvalue weighted by Gasteiger charge is -2.40. The number of hydrogen-bond donors (Lipinski definition) is 2. The summed E-state index contributed by atoms with van der Waals surface area (Å²) in [6.07, 6.45) is 3.33. The Morgan fingerprint density at radius 1 is 1.32 bits per heavy atom. The summed E-state index contributed by atoms with van der Waals surface area (Å²) in [6, 6.07) is 0.220. The van der Waals surface area contributed by atoms with Crippen LogP contribution in [0.5, 0.6) is 0 Å². The molecule has 1 aliphatic carbocycles. The Kier molecular flexibility index (Phi) is 8.24. The van der Waals surface area contributed by atoms with Crippen LogP contribution in [0.25, 0.3) is 0 Å². The Hall–Kier alpha value is -0.770. The van der Waals surface area contributed by atoms with E-state index in [1.807, 2.05) is 20.8 Å². The zero-order valence-corrected chi connectivity index (χ0v) is 18.4. The van der Waals surface area contributed by atoms with Crippen LogP contribution in [0.3, 0.4) is 0 Å². The second-order valence-electron chi connectivity index (χ2n) is 7.90. The van der Waals surface area contributed by atoms with Crippen LogP contribution >= 0.6 is 24.0 Å². The quantitative estimate of drug-likeness (QED) is 0.355. The fourth-order valence-electron chi connectivity index (χ4n) is 2.72. The van der Waals surface area contributed by atoms with E-state index in [0.717, 1.165) is 25.5 Å². The van der Waals surface area contributed by atoms with Crippen molar-refractivity contribution in [3.05, 3.63) is 0 Å². The first kappa shape index (κ1) is 22.3. The fourth-order valence-corrected chi connectivity index (χ4v) is 2.72. The fraction of sp³-hybridized carbons (Fsp3) is 0.882. The largest absolute Gasteiger partial charge is 0.444 e. The van der Waals surface area contributed by atoms with Crippen molar-refractivity contribution < 1.29 is 14.3 Å². The number of amides is 1. The van der Waals surface area contributed by atoms with Crippen molar-refractivity contribution in [1.82, 2.24) is 15.5 Å². The average molecular weight is 468 g/mol. The molecule has 2 rings (SSSR count). The average Bonchev–Trinajstić information content (AvgIpc) is 3.21. The zero-order chi connectivity index (χ0) is 17.8. The number of halogens is 1. The molecule has 1 saturated carbocycles. The van der Waals surface area contributed by atoms with Gasteiger partial charge in [0.05, 0.1) is 6.04 Å². The summed E-state index contributed by atoms with van der Waals surface area (Å²) in [5, 5.41) is 6.78. The van der Waals surface area contributed by atoms with E-state index >= 15 is 0 Å². The number of nitrogens with one attached hydrogen (secondary N) is 2. The second-order valence-corrected chi connectivity index (χ2v) is 7.90. The van der Waals surface area contributed by atoms with Crippen LogP contribution in [0.4, 0.5) is 4.79 Å². The van der Waals surface area contributed by atoms with Crippen LogP contribution in [0, 0.1) is 5.41 Å². The van der Waals surface area contributed by atoms with Gasteiger partial charge in [-0.2, -0.15) is 0 Å². The highest BCUT2D eigenvalue weighted by molar-refractivity contribution is 14.0. The monoisotopic (exact) mass is 468 g/mol. The van der Waals surface area contributed by atoms with Crippen LogP contribution in [-0.2, 0) is 9.47 Å². The third-order valence-corrected chi connectivity index (χ3v) is 4.52. The van der Waals surface area contributed by atoms with Crippen LogP contribution in [-0.4, -0.2) is 69.0 Å². The van der Waals surface area contributed by atoms with Gasteiger partial charge < -0.3 is 25.0 Å². The minimum Gasteiger partial charge on any atom is -0.444 e. The van der Waals surface area contributed by atoms with Gasteiger partial charge in [0.2, 0.25) is 0 Å². The summed E-state index contributed by atoms with van der Waals surface area (Å²) < 4.78 is 10.5. The highest BCUT2D eigenvalue weighted by Crippen LogP contribution is 2.48. The molecule has 1 saturated heterocycles. The minimum absolute atomic E-state index is 0. The molecule has 2 N–H and O–H groups in total. The predicted molar refractivity (Wildman–Crippen MR) is 110 cm³/mol. The maximum atomic E-state index is 11.9. The number of hydrogen-bond acceptors (Lipinski definition) is 4. The van der Waals surface area contributed by atoms with E-state index in [9.17, 15) is 4.79 Å². The molecule has 1 amide bonds. The Bertz CT molecular complexity index is 469. The van der Waals surface area contributed by atoms with E-state index in [1.54, 1.807) is 19.1 Å². The van der Waals surface area contributed by atoms with Crippen LogP contribution < -0.4 is 10.6 Å². The summed E-state index contributed by atoms with van der Waals surface area (Å²) in [7, 11) is 3.52. The molecule has 7 nitrogen and oxygen atoms in total. The van der Waals surface area contributed by atoms with Crippen LogP contribution in [0.2, 0.25) is 0 Å². The number of rotatable bonds is 6. The summed E-state index contributed by atoms with van der Waals surface area (Å²) in [6.45, 7) is 8.64. The summed E-state index contributed by atoms with van der Waals surface area (Å²) >= 11 is 0. The maximum absolute atomic E-state index is 11.9. The molecular formula is C17H33IN4O3. The Morgan fingerprint density at radius 3 is 2.44 bits per heavy atom. The first-order valence-electron chi connectivity index (χ1n) is 8.71. The summed E-state index contributed by atoms with van der Waals surface area (Å²) in [5.74, 6) is 0.799. The molecule has 0 bridgehead atoms. The van der Waals surface area contributed by atoms with Gasteiger partial charge in [0.1, 0.15) is 5.60 Å². The van der Waals surface area contributed by atoms with E-state index in [1.165, 1.54) is 12.8 Å². The second kappa shape index (κ2) is 9.25. The molecule has 8 heteroatoms. The van der Waals surface area contributed by atoms with Crippen LogP contribution in [0.1, 0.15) is 40.0 Å². The van der Waals surface area contributed by atoms with Gasteiger partial charge in [0, 0.05) is 40.4 Å². The molecule has 146 valence electrons. The van der Waals surface area contributed by atoms with Crippen molar-refractivity contribution in [3.63, 3.8) is 0 Å². The molecule has 25 heavy (non-hydrogen) atoms. The molecule has 0 aromatic carbocycles. The zero-order valence-electron chi connectivity index (χ0n) is 16.1. The number of carbonyl (C=O) groups is 1. The van der Waals surface area contributed by atoms with Gasteiger partial charge in [0.25, 0.3) is 0 Å². The normalized spacial score (nSPS) is 19.6. The molecule has 2 fully saturated rings. The van der Waals surface area contributed by atoms with Crippen LogP contribution in [0.15, 0.2) is 4.99 Å². The number of nitrogens with zero attached hydrogens (tertiary/aromatic N) is 2. The van der Waals surface area contributed by atoms with E-state index in [4.69, 9.17) is 9.47 Å². The maximum Gasteiger partial charge on any atom is 0.410 e. The first-order chi connectivity index (χ1) is 11.3. The highest BCUT2D eigenvalue weighted by atomic mass is 127. The molecule has 0 aromatic rings. The predicted octanol–water partition coefficient (Wildman–Crippen LogP) is 2.21. The van der Waals surface area contributed by atoms with Gasteiger partial charge in [-0.05, 0) is 45.4 Å². The molecule has 1 heterocycles. The van der Waals surface area contributed by atoms with Crippen molar-refractivity contribution in [2.24, 2.45) is 10.4 Å². The molecule has 0 unspecified atom stereocenters. The number of likely N-dealkylation sites (tertiary alicyclic amines) is 1. The number of methoxy groups -OCH3 is 1. The summed E-state index contributed by atoms with van der Waals surface area (Å²) in [5.41, 5.74) is -0.0796. The Morgan fingerprint density at radius 2 is 1.96 bits per heavy atom. The first-order valence-corrected chi connectivity index (χ1v) is 8.71. The van der Waals surface area contributed by atoms with E-state index in [2.05, 4.69) is 15.6 Å². The molecular weight excluding hydrogens is 435 g/mol. The third-order valence-electron chi connectivity index (χ3n) is 4.52. The Labute approximate surface area is 168 Å². The SMILES string of the molecule is CN=C(NCC1(CCOC)CC1)NC1CN(C(=O)OC(C)(C)C)C1.I. The van der Waals surface area contributed by atoms with Gasteiger partial charge in [-0.15, -0.1) is 24.0 Å². The molecule has 0 atom stereocenters. The number of carbonyl (C=O) groups excluding carboxylic acids is 1. The number of aliphatic imine (C=N–C) groups is 1. The van der Waals surface area contributed by atoms with E-state index in [-0.39, 0.29) is 36.1 Å².